The van der Waals surface area contributed by atoms with E-state index in [4.69, 9.17) is 0 Å². The van der Waals surface area contributed by atoms with Gasteiger partial charge in [0, 0.05) is 5.69 Å². The summed E-state index contributed by atoms with van der Waals surface area (Å²) in [7, 11) is 0. The van der Waals surface area contributed by atoms with Crippen LogP contribution in [0.4, 0.5) is 5.69 Å². The first-order valence-corrected chi connectivity index (χ1v) is 7.89. The molecule has 0 aromatic heterocycles. The van der Waals surface area contributed by atoms with Crippen LogP contribution in [0.15, 0.2) is 42.5 Å². The smallest absolute Gasteiger partial charge is 0.321 e. The number of nitrogens with zero attached hydrogens (tertiary/aromatic N) is 1. The van der Waals surface area contributed by atoms with E-state index in [1.54, 1.807) is 0 Å². The van der Waals surface area contributed by atoms with E-state index >= 15 is 0 Å². The molecule has 1 heterocycles. The summed E-state index contributed by atoms with van der Waals surface area (Å²) < 4.78 is 0. The zero-order chi connectivity index (χ0) is 16.2. The van der Waals surface area contributed by atoms with E-state index in [2.05, 4.69) is 5.32 Å². The molecule has 2 aromatic rings. The second-order valence-electron chi connectivity index (χ2n) is 5.91. The number of carbonyl (C=O) groups is 2. The molecule has 3 rings (SSSR count). The number of carbonyl (C=O) groups excluding carboxylic acids is 1. The first kappa shape index (κ1) is 15.5. The van der Waals surface area contributed by atoms with Crippen molar-refractivity contribution in [1.82, 2.24) is 4.90 Å². The lowest BCUT2D eigenvalue weighted by Crippen LogP contribution is -2.41. The maximum absolute atomic E-state index is 12.2. The highest BCUT2D eigenvalue weighted by Crippen LogP contribution is 2.20. The predicted octanol–water partition coefficient (Wildman–Crippen LogP) is 2.72. The third-order valence-corrected chi connectivity index (χ3v) is 4.28. The first-order valence-electron chi connectivity index (χ1n) is 7.89. The van der Waals surface area contributed by atoms with Crippen LogP contribution in [0.1, 0.15) is 19.3 Å². The quantitative estimate of drug-likeness (QED) is 0.890. The second kappa shape index (κ2) is 6.79. The summed E-state index contributed by atoms with van der Waals surface area (Å²) in [5.41, 5.74) is 0.694. The van der Waals surface area contributed by atoms with Crippen LogP contribution >= 0.6 is 0 Å². The van der Waals surface area contributed by atoms with Gasteiger partial charge in [-0.05, 0) is 48.8 Å². The van der Waals surface area contributed by atoms with Gasteiger partial charge in [0.2, 0.25) is 5.91 Å². The number of carboxylic acid groups (broad SMARTS) is 1. The predicted molar refractivity (Wildman–Crippen MR) is 89.4 cm³/mol. The van der Waals surface area contributed by atoms with E-state index in [9.17, 15) is 14.7 Å². The van der Waals surface area contributed by atoms with Crippen molar-refractivity contribution in [2.45, 2.75) is 25.3 Å². The van der Waals surface area contributed by atoms with Gasteiger partial charge in [0.05, 0.1) is 6.42 Å². The molecule has 1 fully saturated rings. The van der Waals surface area contributed by atoms with Gasteiger partial charge in [-0.15, -0.1) is 0 Å². The molecule has 23 heavy (non-hydrogen) atoms. The molecule has 1 unspecified atom stereocenters. The van der Waals surface area contributed by atoms with Gasteiger partial charge in [-0.3, -0.25) is 14.5 Å². The molecule has 1 aliphatic heterocycles. The van der Waals surface area contributed by atoms with Crippen LogP contribution in [0, 0.1) is 0 Å². The molecular weight excluding hydrogens is 292 g/mol. The zero-order valence-corrected chi connectivity index (χ0v) is 12.9. The fraction of sp³-hybridized carbons (Fsp3) is 0.333. The molecule has 1 aliphatic rings. The molecular formula is C18H20N2O3. The molecule has 0 radical (unpaired) electrons. The fourth-order valence-electron chi connectivity index (χ4n) is 3.08. The maximum atomic E-state index is 12.2. The Morgan fingerprint density at radius 2 is 1.78 bits per heavy atom. The van der Waals surface area contributed by atoms with Crippen molar-refractivity contribution >= 4 is 28.3 Å². The van der Waals surface area contributed by atoms with Crippen LogP contribution in [-0.2, 0) is 9.59 Å². The minimum Gasteiger partial charge on any atom is -0.480 e. The second-order valence-corrected chi connectivity index (χ2v) is 5.91. The van der Waals surface area contributed by atoms with Crippen LogP contribution in [0.2, 0.25) is 0 Å². The van der Waals surface area contributed by atoms with E-state index in [0.717, 1.165) is 36.7 Å². The number of likely N-dealkylation sites (tertiary alicyclic amines) is 1. The normalized spacial score (nSPS) is 16.3. The van der Waals surface area contributed by atoms with Crippen molar-refractivity contribution in [2.24, 2.45) is 0 Å². The molecule has 2 aromatic carbocycles. The number of benzene rings is 2. The summed E-state index contributed by atoms with van der Waals surface area (Å²) in [4.78, 5) is 25.5. The average Bonchev–Trinajstić information content (AvgIpc) is 3.06. The minimum absolute atomic E-state index is 0.0256. The van der Waals surface area contributed by atoms with Crippen LogP contribution in [0.5, 0.6) is 0 Å². The number of anilines is 1. The van der Waals surface area contributed by atoms with E-state index in [1.807, 2.05) is 47.4 Å². The molecule has 1 saturated heterocycles. The van der Waals surface area contributed by atoms with Gasteiger partial charge in [-0.2, -0.15) is 0 Å². The Bertz CT molecular complexity index is 723. The molecule has 5 heteroatoms. The lowest BCUT2D eigenvalue weighted by Gasteiger charge is -2.23. The van der Waals surface area contributed by atoms with Crippen molar-refractivity contribution < 1.29 is 14.7 Å². The summed E-state index contributed by atoms with van der Waals surface area (Å²) >= 11 is 0. The van der Waals surface area contributed by atoms with Gasteiger partial charge in [-0.25, -0.2) is 0 Å². The topological polar surface area (TPSA) is 69.6 Å². The summed E-state index contributed by atoms with van der Waals surface area (Å²) in [5, 5.41) is 14.3. The average molecular weight is 312 g/mol. The minimum atomic E-state index is -0.930. The third kappa shape index (κ3) is 3.68. The SMILES string of the molecule is O=C(CC(C(=O)O)N1CCCC1)Nc1ccc2ccccc2c1. The fourth-order valence-corrected chi connectivity index (χ4v) is 3.08. The van der Waals surface area contributed by atoms with Gasteiger partial charge in [0.15, 0.2) is 0 Å². The van der Waals surface area contributed by atoms with Gasteiger partial charge in [0.25, 0.3) is 0 Å². The van der Waals surface area contributed by atoms with E-state index < -0.39 is 12.0 Å². The number of amides is 1. The summed E-state index contributed by atoms with van der Waals surface area (Å²) in [6.45, 7) is 1.50. The van der Waals surface area contributed by atoms with Gasteiger partial charge >= 0.3 is 5.97 Å². The van der Waals surface area contributed by atoms with Crippen molar-refractivity contribution in [3.05, 3.63) is 42.5 Å². The van der Waals surface area contributed by atoms with Crippen molar-refractivity contribution in [1.29, 1.82) is 0 Å². The van der Waals surface area contributed by atoms with Crippen molar-refractivity contribution in [3.63, 3.8) is 0 Å². The Balaban J connectivity index is 1.68. The lowest BCUT2D eigenvalue weighted by molar-refractivity contribution is -0.144. The van der Waals surface area contributed by atoms with E-state index in [1.165, 1.54) is 0 Å². The third-order valence-electron chi connectivity index (χ3n) is 4.28. The molecule has 1 amide bonds. The van der Waals surface area contributed by atoms with Crippen LogP contribution < -0.4 is 5.32 Å². The van der Waals surface area contributed by atoms with Gasteiger partial charge in [0.1, 0.15) is 6.04 Å². The number of carboxylic acids is 1. The number of rotatable bonds is 5. The zero-order valence-electron chi connectivity index (χ0n) is 12.9. The number of aliphatic carboxylic acids is 1. The Kier molecular flexibility index (Phi) is 4.57. The van der Waals surface area contributed by atoms with Crippen molar-refractivity contribution in [2.75, 3.05) is 18.4 Å². The molecule has 2 N–H and O–H groups in total. The highest BCUT2D eigenvalue weighted by molar-refractivity contribution is 5.96. The number of hydrogen-bond acceptors (Lipinski definition) is 3. The largest absolute Gasteiger partial charge is 0.480 e. The van der Waals surface area contributed by atoms with Crippen molar-refractivity contribution in [3.8, 4) is 0 Å². The molecule has 1 atom stereocenters. The molecule has 0 aliphatic carbocycles. The maximum Gasteiger partial charge on any atom is 0.321 e. The summed E-state index contributed by atoms with van der Waals surface area (Å²) in [6.07, 6.45) is 1.97. The molecule has 0 bridgehead atoms. The Morgan fingerprint density at radius 1 is 1.09 bits per heavy atom. The molecule has 0 spiro atoms. The molecule has 5 nitrogen and oxygen atoms in total. The lowest BCUT2D eigenvalue weighted by atomic mass is 10.1. The highest BCUT2D eigenvalue weighted by atomic mass is 16.4. The number of nitrogens with one attached hydrogen (secondary N) is 1. The Hall–Kier alpha value is -2.40. The monoisotopic (exact) mass is 312 g/mol. The highest BCUT2D eigenvalue weighted by Gasteiger charge is 2.29. The van der Waals surface area contributed by atoms with Gasteiger partial charge in [-0.1, -0.05) is 30.3 Å². The number of fused-ring (bicyclic) bond motifs is 1. The molecule has 120 valence electrons. The number of hydrogen-bond donors (Lipinski definition) is 2. The first-order chi connectivity index (χ1) is 11.1. The van der Waals surface area contributed by atoms with Crippen LogP contribution in [-0.4, -0.2) is 41.0 Å². The standard InChI is InChI=1S/C18H20N2O3/c21-17(12-16(18(22)23)20-9-3-4-10-20)19-15-8-7-13-5-1-2-6-14(13)11-15/h1-2,5-8,11,16H,3-4,9-10,12H2,(H,19,21)(H,22,23). The van der Waals surface area contributed by atoms with Crippen LogP contribution in [0.25, 0.3) is 10.8 Å². The summed E-state index contributed by atoms with van der Waals surface area (Å²) in [5.74, 6) is -1.19. The van der Waals surface area contributed by atoms with E-state index in [0.29, 0.717) is 5.69 Å². The van der Waals surface area contributed by atoms with Crippen LogP contribution in [0.3, 0.4) is 0 Å². The Morgan fingerprint density at radius 3 is 2.48 bits per heavy atom. The summed E-state index contributed by atoms with van der Waals surface area (Å²) in [6, 6.07) is 12.9. The van der Waals surface area contributed by atoms with Gasteiger partial charge < -0.3 is 10.4 Å². The molecule has 0 saturated carbocycles. The van der Waals surface area contributed by atoms with E-state index in [-0.39, 0.29) is 12.3 Å². The Labute approximate surface area is 134 Å².